The average Bonchev–Trinajstić information content (AvgIpc) is 2.10. The van der Waals surface area contributed by atoms with Gasteiger partial charge in [-0.1, -0.05) is 51.9 Å². The third-order valence-corrected chi connectivity index (χ3v) is 2.17. The summed E-state index contributed by atoms with van der Waals surface area (Å²) in [6.07, 6.45) is 17.1. The molecule has 0 fully saturated rings. The van der Waals surface area contributed by atoms with Gasteiger partial charge in [-0.2, -0.15) is 0 Å². The summed E-state index contributed by atoms with van der Waals surface area (Å²) in [5.74, 6) is 2.68. The Kier molecular flexibility index (Phi) is 17.9. The molecule has 0 atom stereocenters. The van der Waals surface area contributed by atoms with Crippen LogP contribution in [0.1, 0.15) is 64.7 Å². The Labute approximate surface area is 99.4 Å². The van der Waals surface area contributed by atoms with Crippen LogP contribution in [0, 0.1) is 12.3 Å². The van der Waals surface area contributed by atoms with Gasteiger partial charge < -0.3 is 0 Å². The van der Waals surface area contributed by atoms with Crippen molar-refractivity contribution in [3.63, 3.8) is 0 Å². The molecule has 0 heterocycles. The third-order valence-electron chi connectivity index (χ3n) is 2.17. The Bertz CT molecular complexity index is 113. The summed E-state index contributed by atoms with van der Waals surface area (Å²) in [6, 6.07) is 0. The molecule has 0 saturated heterocycles. The van der Waals surface area contributed by atoms with E-state index in [9.17, 15) is 0 Å². The molecule has 0 aromatic heterocycles. The molecule has 0 bridgehead atoms. The number of unbranched alkanes of at least 4 members (excludes halogenated alkanes) is 8. The first-order valence-electron chi connectivity index (χ1n) is 5.35. The van der Waals surface area contributed by atoms with Gasteiger partial charge in [0.25, 0.3) is 0 Å². The van der Waals surface area contributed by atoms with Gasteiger partial charge >= 0.3 is 0 Å². The van der Waals surface area contributed by atoms with Crippen LogP contribution in [0.5, 0.6) is 0 Å². The van der Waals surface area contributed by atoms with E-state index in [0.29, 0.717) is 0 Å². The first kappa shape index (κ1) is 15.8. The first-order valence-corrected chi connectivity index (χ1v) is 5.35. The van der Waals surface area contributed by atoms with Gasteiger partial charge in [-0.15, -0.1) is 12.3 Å². The van der Waals surface area contributed by atoms with Crippen molar-refractivity contribution in [2.24, 2.45) is 0 Å². The number of rotatable bonds is 8. The SMILES string of the molecule is C#CCCCCCCCCCC.[Ag]. The number of hydrogen-bond donors (Lipinski definition) is 0. The summed E-state index contributed by atoms with van der Waals surface area (Å²) in [6.45, 7) is 2.26. The maximum Gasteiger partial charge on any atom is 0.00860 e. The largest absolute Gasteiger partial charge is 0.120 e. The second kappa shape index (κ2) is 14.8. The van der Waals surface area contributed by atoms with Crippen LogP contribution < -0.4 is 0 Å². The zero-order chi connectivity index (χ0) is 9.07. The van der Waals surface area contributed by atoms with Gasteiger partial charge in [-0.25, -0.2) is 0 Å². The van der Waals surface area contributed by atoms with Crippen molar-refractivity contribution in [2.75, 3.05) is 0 Å². The fraction of sp³-hybridized carbons (Fsp3) is 0.833. The summed E-state index contributed by atoms with van der Waals surface area (Å²) >= 11 is 0. The minimum absolute atomic E-state index is 0. The first-order chi connectivity index (χ1) is 5.91. The molecule has 81 valence electrons. The van der Waals surface area contributed by atoms with Gasteiger partial charge in [-0.05, 0) is 6.42 Å². The van der Waals surface area contributed by atoms with E-state index in [1.54, 1.807) is 0 Å². The minimum Gasteiger partial charge on any atom is -0.120 e. The molecular formula is C12H22Ag. The Morgan fingerprint density at radius 1 is 0.846 bits per heavy atom. The molecule has 0 aromatic carbocycles. The predicted octanol–water partition coefficient (Wildman–Crippen LogP) is 4.15. The van der Waals surface area contributed by atoms with Crippen molar-refractivity contribution in [2.45, 2.75) is 64.7 Å². The molecule has 0 aliphatic rings. The van der Waals surface area contributed by atoms with Gasteiger partial charge in [-0.3, -0.25) is 0 Å². The molecular weight excluding hydrogens is 252 g/mol. The van der Waals surface area contributed by atoms with E-state index in [-0.39, 0.29) is 22.4 Å². The Morgan fingerprint density at radius 2 is 1.31 bits per heavy atom. The molecule has 0 aliphatic heterocycles. The molecule has 1 heteroatoms. The molecule has 0 nitrogen and oxygen atoms in total. The van der Waals surface area contributed by atoms with E-state index in [4.69, 9.17) is 6.42 Å². The topological polar surface area (TPSA) is 0 Å². The van der Waals surface area contributed by atoms with E-state index >= 15 is 0 Å². The summed E-state index contributed by atoms with van der Waals surface area (Å²) in [4.78, 5) is 0. The van der Waals surface area contributed by atoms with Crippen LogP contribution in [-0.2, 0) is 22.4 Å². The summed E-state index contributed by atoms with van der Waals surface area (Å²) in [7, 11) is 0. The zero-order valence-electron chi connectivity index (χ0n) is 8.74. The van der Waals surface area contributed by atoms with Crippen LogP contribution in [0.3, 0.4) is 0 Å². The van der Waals surface area contributed by atoms with Crippen molar-refractivity contribution in [3.8, 4) is 12.3 Å². The van der Waals surface area contributed by atoms with Crippen LogP contribution in [0.25, 0.3) is 0 Å². The molecule has 1 radical (unpaired) electrons. The van der Waals surface area contributed by atoms with E-state index in [2.05, 4.69) is 12.8 Å². The standard InChI is InChI=1S/C12H22.Ag/c1-3-5-7-9-11-12-10-8-6-4-2;/h1H,4-12H2,2H3;. The summed E-state index contributed by atoms with van der Waals surface area (Å²) < 4.78 is 0. The smallest absolute Gasteiger partial charge is 0.00860 e. The maximum atomic E-state index is 5.16. The molecule has 0 rings (SSSR count). The van der Waals surface area contributed by atoms with Crippen molar-refractivity contribution in [1.29, 1.82) is 0 Å². The normalized spacial score (nSPS) is 8.92. The molecule has 0 unspecified atom stereocenters. The van der Waals surface area contributed by atoms with E-state index in [1.807, 2.05) is 0 Å². The number of hydrogen-bond acceptors (Lipinski definition) is 0. The van der Waals surface area contributed by atoms with Crippen molar-refractivity contribution >= 4 is 0 Å². The quantitative estimate of drug-likeness (QED) is 0.354. The van der Waals surface area contributed by atoms with E-state index in [1.165, 1.54) is 51.4 Å². The monoisotopic (exact) mass is 273 g/mol. The molecule has 0 N–H and O–H groups in total. The second-order valence-electron chi connectivity index (χ2n) is 3.43. The minimum atomic E-state index is 0. The molecule has 0 saturated carbocycles. The van der Waals surface area contributed by atoms with Gasteiger partial charge in [0.15, 0.2) is 0 Å². The summed E-state index contributed by atoms with van der Waals surface area (Å²) in [5.41, 5.74) is 0. The average molecular weight is 274 g/mol. The van der Waals surface area contributed by atoms with Crippen LogP contribution >= 0.6 is 0 Å². The molecule has 0 aliphatic carbocycles. The fourth-order valence-electron chi connectivity index (χ4n) is 1.36. The third kappa shape index (κ3) is 15.1. The Morgan fingerprint density at radius 3 is 1.77 bits per heavy atom. The Hall–Kier alpha value is 0.300. The number of terminal acetylenes is 1. The molecule has 0 spiro atoms. The summed E-state index contributed by atoms with van der Waals surface area (Å²) in [5, 5.41) is 0. The molecule has 0 aromatic rings. The maximum absolute atomic E-state index is 5.16. The fourth-order valence-corrected chi connectivity index (χ4v) is 1.36. The van der Waals surface area contributed by atoms with Gasteiger partial charge in [0.2, 0.25) is 0 Å². The molecule has 13 heavy (non-hydrogen) atoms. The zero-order valence-corrected chi connectivity index (χ0v) is 10.2. The predicted molar refractivity (Wildman–Crippen MR) is 56.1 cm³/mol. The van der Waals surface area contributed by atoms with Crippen LogP contribution in [0.15, 0.2) is 0 Å². The van der Waals surface area contributed by atoms with E-state index < -0.39 is 0 Å². The van der Waals surface area contributed by atoms with Gasteiger partial charge in [0, 0.05) is 28.8 Å². The van der Waals surface area contributed by atoms with Crippen LogP contribution in [0.2, 0.25) is 0 Å². The van der Waals surface area contributed by atoms with Crippen LogP contribution in [-0.4, -0.2) is 0 Å². The van der Waals surface area contributed by atoms with Gasteiger partial charge in [0.05, 0.1) is 0 Å². The van der Waals surface area contributed by atoms with Crippen molar-refractivity contribution < 1.29 is 22.4 Å². The van der Waals surface area contributed by atoms with Crippen molar-refractivity contribution in [3.05, 3.63) is 0 Å². The second-order valence-corrected chi connectivity index (χ2v) is 3.43. The Balaban J connectivity index is 0. The van der Waals surface area contributed by atoms with Crippen molar-refractivity contribution in [1.82, 2.24) is 0 Å². The van der Waals surface area contributed by atoms with E-state index in [0.717, 1.165) is 6.42 Å². The van der Waals surface area contributed by atoms with Gasteiger partial charge in [0.1, 0.15) is 0 Å². The van der Waals surface area contributed by atoms with Crippen LogP contribution in [0.4, 0.5) is 0 Å². The molecule has 0 amide bonds.